The first-order valence-electron chi connectivity index (χ1n) is 7.72. The fourth-order valence-electron chi connectivity index (χ4n) is 2.45. The number of hydrogen-bond donors (Lipinski definition) is 2. The van der Waals surface area contributed by atoms with Crippen LogP contribution in [0.2, 0.25) is 0 Å². The molecule has 1 atom stereocenters. The summed E-state index contributed by atoms with van der Waals surface area (Å²) >= 11 is 0. The monoisotopic (exact) mass is 313 g/mol. The van der Waals surface area contributed by atoms with E-state index in [1.165, 1.54) is 0 Å². The molecule has 0 spiro atoms. The summed E-state index contributed by atoms with van der Waals surface area (Å²) < 4.78 is 29.8. The van der Waals surface area contributed by atoms with Crippen LogP contribution in [0.15, 0.2) is 17.2 Å². The molecule has 0 bridgehead atoms. The molecule has 1 aliphatic carbocycles. The molecule has 1 aliphatic rings. The first-order chi connectivity index (χ1) is 9.80. The zero-order chi connectivity index (χ0) is 15.7. The molecule has 1 heterocycles. The van der Waals surface area contributed by atoms with Gasteiger partial charge in [0.05, 0.1) is 4.90 Å². The van der Waals surface area contributed by atoms with E-state index in [1.54, 1.807) is 12.3 Å². The van der Waals surface area contributed by atoms with Gasteiger partial charge in [0.2, 0.25) is 10.0 Å². The minimum atomic E-state index is -3.41. The van der Waals surface area contributed by atoms with Crippen molar-refractivity contribution in [3.05, 3.63) is 18.0 Å². The molecular formula is C15H27N3O2S. The van der Waals surface area contributed by atoms with E-state index < -0.39 is 10.0 Å². The van der Waals surface area contributed by atoms with Gasteiger partial charge in [0.1, 0.15) is 0 Å². The van der Waals surface area contributed by atoms with E-state index in [9.17, 15) is 8.42 Å². The molecule has 2 rings (SSSR count). The van der Waals surface area contributed by atoms with Crippen molar-refractivity contribution in [2.24, 2.45) is 5.41 Å². The fraction of sp³-hybridized carbons (Fsp3) is 0.733. The highest BCUT2D eigenvalue weighted by Gasteiger charge is 2.48. The Morgan fingerprint density at radius 3 is 2.57 bits per heavy atom. The van der Waals surface area contributed by atoms with E-state index in [0.717, 1.165) is 31.6 Å². The molecule has 120 valence electrons. The molecule has 0 saturated heterocycles. The Labute approximate surface area is 128 Å². The second kappa shape index (κ2) is 6.10. The van der Waals surface area contributed by atoms with Gasteiger partial charge in [0.25, 0.3) is 0 Å². The summed E-state index contributed by atoms with van der Waals surface area (Å²) in [7, 11) is -3.41. The number of sulfonamides is 1. The van der Waals surface area contributed by atoms with Crippen molar-refractivity contribution >= 4 is 10.0 Å². The van der Waals surface area contributed by atoms with Crippen molar-refractivity contribution in [2.75, 3.05) is 6.54 Å². The van der Waals surface area contributed by atoms with E-state index in [4.69, 9.17) is 0 Å². The van der Waals surface area contributed by atoms with E-state index in [1.807, 2.05) is 11.5 Å². The molecule has 2 N–H and O–H groups in total. The van der Waals surface area contributed by atoms with Crippen LogP contribution in [0, 0.1) is 5.41 Å². The summed E-state index contributed by atoms with van der Waals surface area (Å²) in [6.07, 6.45) is 3.65. The van der Waals surface area contributed by atoms with E-state index in [2.05, 4.69) is 30.8 Å². The van der Waals surface area contributed by atoms with Gasteiger partial charge < -0.3 is 9.88 Å². The van der Waals surface area contributed by atoms with Crippen LogP contribution in [-0.4, -0.2) is 25.6 Å². The van der Waals surface area contributed by atoms with Crippen molar-refractivity contribution in [1.82, 2.24) is 14.6 Å². The van der Waals surface area contributed by atoms with Gasteiger partial charge in [-0.05, 0) is 30.9 Å². The van der Waals surface area contributed by atoms with Crippen LogP contribution >= 0.6 is 0 Å². The standard InChI is InChI=1S/C15H27N3O2S/c1-5-7-18-11-13(8-12(18)10-16-6-2)21(19,20)17-14-9-15(14,3)4/h8,11,14,16-17H,5-7,9-10H2,1-4H3. The Kier molecular flexibility index (Phi) is 4.80. The normalized spacial score (nSPS) is 20.7. The number of hydrogen-bond acceptors (Lipinski definition) is 3. The number of rotatable bonds is 8. The van der Waals surface area contributed by atoms with Gasteiger partial charge in [0.15, 0.2) is 0 Å². The van der Waals surface area contributed by atoms with Gasteiger partial charge in [-0.2, -0.15) is 0 Å². The van der Waals surface area contributed by atoms with Crippen molar-refractivity contribution in [3.63, 3.8) is 0 Å². The van der Waals surface area contributed by atoms with Crippen LogP contribution in [0.5, 0.6) is 0 Å². The van der Waals surface area contributed by atoms with Gasteiger partial charge in [-0.1, -0.05) is 27.7 Å². The Hall–Kier alpha value is -0.850. The molecule has 1 aromatic rings. The smallest absolute Gasteiger partial charge is 0.242 e. The molecule has 0 radical (unpaired) electrons. The van der Waals surface area contributed by atoms with Gasteiger partial charge >= 0.3 is 0 Å². The van der Waals surface area contributed by atoms with Crippen LogP contribution in [0.4, 0.5) is 0 Å². The third-order valence-electron chi connectivity index (χ3n) is 4.10. The van der Waals surface area contributed by atoms with Gasteiger partial charge in [-0.15, -0.1) is 0 Å². The second-order valence-corrected chi connectivity index (χ2v) is 8.22. The maximum absolute atomic E-state index is 12.5. The summed E-state index contributed by atoms with van der Waals surface area (Å²) in [6, 6.07) is 1.85. The van der Waals surface area contributed by atoms with Crippen LogP contribution in [0.25, 0.3) is 0 Å². The summed E-state index contributed by atoms with van der Waals surface area (Å²) in [5.41, 5.74) is 1.11. The van der Waals surface area contributed by atoms with Gasteiger partial charge in [0, 0.05) is 31.0 Å². The lowest BCUT2D eigenvalue weighted by Gasteiger charge is -2.07. The predicted octanol–water partition coefficient (Wildman–Crippen LogP) is 2.08. The largest absolute Gasteiger partial charge is 0.349 e. The summed E-state index contributed by atoms with van der Waals surface area (Å²) in [5, 5.41) is 3.26. The first-order valence-corrected chi connectivity index (χ1v) is 9.20. The van der Waals surface area contributed by atoms with Crippen molar-refractivity contribution in [2.45, 2.75) is 64.6 Å². The SMILES string of the molecule is CCCn1cc(S(=O)(=O)NC2CC2(C)C)cc1CNCC. The van der Waals surface area contributed by atoms with Crippen molar-refractivity contribution in [1.29, 1.82) is 0 Å². The predicted molar refractivity (Wildman–Crippen MR) is 84.6 cm³/mol. The third-order valence-corrected chi connectivity index (χ3v) is 5.54. The van der Waals surface area contributed by atoms with Crippen LogP contribution in [-0.2, 0) is 23.1 Å². The van der Waals surface area contributed by atoms with Crippen molar-refractivity contribution < 1.29 is 8.42 Å². The molecule has 6 heteroatoms. The van der Waals surface area contributed by atoms with Crippen LogP contribution < -0.4 is 10.0 Å². The summed E-state index contributed by atoms with van der Waals surface area (Å²) in [4.78, 5) is 0.381. The molecule has 1 fully saturated rings. The van der Waals surface area contributed by atoms with E-state index in [0.29, 0.717) is 11.4 Å². The van der Waals surface area contributed by atoms with Crippen LogP contribution in [0.3, 0.4) is 0 Å². The lowest BCUT2D eigenvalue weighted by Crippen LogP contribution is -2.28. The maximum Gasteiger partial charge on any atom is 0.242 e. The lowest BCUT2D eigenvalue weighted by atomic mass is 10.2. The molecule has 0 amide bonds. The third kappa shape index (κ3) is 3.87. The lowest BCUT2D eigenvalue weighted by molar-refractivity contribution is 0.554. The fourth-order valence-corrected chi connectivity index (χ4v) is 3.92. The Bertz CT molecular complexity index is 590. The number of aromatic nitrogens is 1. The first kappa shape index (κ1) is 16.5. The molecule has 0 aromatic carbocycles. The zero-order valence-electron chi connectivity index (χ0n) is 13.4. The van der Waals surface area contributed by atoms with E-state index >= 15 is 0 Å². The molecule has 1 unspecified atom stereocenters. The zero-order valence-corrected chi connectivity index (χ0v) is 14.3. The van der Waals surface area contributed by atoms with Crippen LogP contribution in [0.1, 0.15) is 46.2 Å². The minimum Gasteiger partial charge on any atom is -0.349 e. The highest BCUT2D eigenvalue weighted by Crippen LogP contribution is 2.45. The summed E-state index contributed by atoms with van der Waals surface area (Å²) in [6.45, 7) is 10.7. The Morgan fingerprint density at radius 2 is 2.05 bits per heavy atom. The Balaban J connectivity index is 2.18. The number of nitrogens with zero attached hydrogens (tertiary/aromatic N) is 1. The molecule has 1 saturated carbocycles. The van der Waals surface area contributed by atoms with E-state index in [-0.39, 0.29) is 11.5 Å². The highest BCUT2D eigenvalue weighted by atomic mass is 32.2. The maximum atomic E-state index is 12.5. The average molecular weight is 313 g/mol. The highest BCUT2D eigenvalue weighted by molar-refractivity contribution is 7.89. The topological polar surface area (TPSA) is 63.1 Å². The molecule has 21 heavy (non-hydrogen) atoms. The molecule has 1 aromatic heterocycles. The number of nitrogens with one attached hydrogen (secondary N) is 2. The quantitative estimate of drug-likeness (QED) is 0.772. The Morgan fingerprint density at radius 1 is 1.38 bits per heavy atom. The van der Waals surface area contributed by atoms with Crippen molar-refractivity contribution in [3.8, 4) is 0 Å². The van der Waals surface area contributed by atoms with Gasteiger partial charge in [-0.25, -0.2) is 13.1 Å². The minimum absolute atomic E-state index is 0.0641. The molecule has 5 nitrogen and oxygen atoms in total. The van der Waals surface area contributed by atoms with Gasteiger partial charge in [-0.3, -0.25) is 0 Å². The number of aryl methyl sites for hydroxylation is 1. The summed E-state index contributed by atoms with van der Waals surface area (Å²) in [5.74, 6) is 0. The molecular weight excluding hydrogens is 286 g/mol. The molecule has 0 aliphatic heterocycles. The average Bonchev–Trinajstić information content (AvgIpc) is 2.82. The second-order valence-electron chi connectivity index (χ2n) is 6.51.